The SMILES string of the molecule is COC(=O)c1cc(OCCCCCCN=[N+]=[N-])cc(C(=O)OC)c1. The van der Waals surface area contributed by atoms with Crippen LogP contribution in [0.15, 0.2) is 23.3 Å². The number of esters is 2. The zero-order chi connectivity index (χ0) is 17.8. The molecule has 0 aliphatic rings. The topological polar surface area (TPSA) is 111 Å². The second-order valence-corrected chi connectivity index (χ2v) is 4.95. The third kappa shape index (κ3) is 6.58. The van der Waals surface area contributed by atoms with E-state index in [0.717, 1.165) is 25.7 Å². The van der Waals surface area contributed by atoms with Crippen molar-refractivity contribution in [3.8, 4) is 5.75 Å². The zero-order valence-corrected chi connectivity index (χ0v) is 13.9. The zero-order valence-electron chi connectivity index (χ0n) is 13.9. The van der Waals surface area contributed by atoms with E-state index < -0.39 is 11.9 Å². The first kappa shape index (κ1) is 19.3. The summed E-state index contributed by atoms with van der Waals surface area (Å²) in [5, 5.41) is 3.47. The Bertz CT molecular complexity index is 577. The van der Waals surface area contributed by atoms with Gasteiger partial charge in [0.05, 0.1) is 32.0 Å². The van der Waals surface area contributed by atoms with Gasteiger partial charge in [0.25, 0.3) is 0 Å². The minimum atomic E-state index is -0.552. The number of benzene rings is 1. The molecule has 0 aliphatic carbocycles. The lowest BCUT2D eigenvalue weighted by Crippen LogP contribution is -2.08. The van der Waals surface area contributed by atoms with E-state index in [-0.39, 0.29) is 11.1 Å². The fourth-order valence-electron chi connectivity index (χ4n) is 2.03. The van der Waals surface area contributed by atoms with Crippen molar-refractivity contribution in [1.82, 2.24) is 0 Å². The lowest BCUT2D eigenvalue weighted by molar-refractivity contribution is 0.0598. The third-order valence-electron chi connectivity index (χ3n) is 3.23. The van der Waals surface area contributed by atoms with E-state index in [4.69, 9.17) is 10.3 Å². The van der Waals surface area contributed by atoms with Crippen LogP contribution in [0.3, 0.4) is 0 Å². The van der Waals surface area contributed by atoms with Crippen molar-refractivity contribution in [1.29, 1.82) is 0 Å². The van der Waals surface area contributed by atoms with Crippen LogP contribution >= 0.6 is 0 Å². The molecule has 1 rings (SSSR count). The van der Waals surface area contributed by atoms with Gasteiger partial charge in [-0.05, 0) is 36.6 Å². The van der Waals surface area contributed by atoms with Crippen molar-refractivity contribution in [3.63, 3.8) is 0 Å². The molecular weight excluding hydrogens is 314 g/mol. The summed E-state index contributed by atoms with van der Waals surface area (Å²) >= 11 is 0. The van der Waals surface area contributed by atoms with Crippen molar-refractivity contribution in [3.05, 3.63) is 39.8 Å². The highest BCUT2D eigenvalue weighted by Crippen LogP contribution is 2.19. The fraction of sp³-hybridized carbons (Fsp3) is 0.500. The van der Waals surface area contributed by atoms with E-state index in [0.29, 0.717) is 18.9 Å². The Morgan fingerprint density at radius 2 is 1.58 bits per heavy atom. The second-order valence-electron chi connectivity index (χ2n) is 4.95. The summed E-state index contributed by atoms with van der Waals surface area (Å²) in [6.07, 6.45) is 3.53. The molecule has 0 unspecified atom stereocenters. The highest BCUT2D eigenvalue weighted by molar-refractivity contribution is 5.96. The van der Waals surface area contributed by atoms with Gasteiger partial charge in [-0.2, -0.15) is 0 Å². The molecule has 0 aromatic heterocycles. The Morgan fingerprint density at radius 1 is 1.00 bits per heavy atom. The first-order valence-electron chi connectivity index (χ1n) is 7.57. The van der Waals surface area contributed by atoms with Gasteiger partial charge >= 0.3 is 11.9 Å². The molecule has 0 spiro atoms. The molecule has 1 aromatic carbocycles. The van der Waals surface area contributed by atoms with Gasteiger partial charge in [-0.15, -0.1) is 0 Å². The van der Waals surface area contributed by atoms with Crippen LogP contribution < -0.4 is 4.74 Å². The molecule has 1 aromatic rings. The average molecular weight is 335 g/mol. The number of unbranched alkanes of at least 4 members (excludes halogenated alkanes) is 3. The third-order valence-corrected chi connectivity index (χ3v) is 3.23. The van der Waals surface area contributed by atoms with Crippen molar-refractivity contribution in [2.45, 2.75) is 25.7 Å². The molecular formula is C16H21N3O5. The highest BCUT2D eigenvalue weighted by Gasteiger charge is 2.14. The van der Waals surface area contributed by atoms with Gasteiger partial charge in [0.1, 0.15) is 5.75 Å². The predicted octanol–water partition coefficient (Wildman–Crippen LogP) is 3.51. The molecule has 0 heterocycles. The molecule has 0 bridgehead atoms. The van der Waals surface area contributed by atoms with E-state index >= 15 is 0 Å². The van der Waals surface area contributed by atoms with Crippen LogP contribution in [-0.2, 0) is 9.47 Å². The summed E-state index contributed by atoms with van der Waals surface area (Å²) < 4.78 is 14.9. The minimum absolute atomic E-state index is 0.227. The van der Waals surface area contributed by atoms with E-state index in [2.05, 4.69) is 19.5 Å². The Hall–Kier alpha value is -2.73. The predicted molar refractivity (Wildman–Crippen MR) is 87.1 cm³/mol. The minimum Gasteiger partial charge on any atom is -0.494 e. The second kappa shape index (κ2) is 10.9. The van der Waals surface area contributed by atoms with Crippen LogP contribution in [-0.4, -0.2) is 39.3 Å². The summed E-state index contributed by atoms with van der Waals surface area (Å²) in [6.45, 7) is 0.952. The van der Waals surface area contributed by atoms with Gasteiger partial charge in [-0.1, -0.05) is 18.0 Å². The normalized spacial score (nSPS) is 9.75. The van der Waals surface area contributed by atoms with Crippen LogP contribution in [0.25, 0.3) is 10.4 Å². The van der Waals surface area contributed by atoms with Gasteiger partial charge < -0.3 is 14.2 Å². The maximum absolute atomic E-state index is 11.7. The Labute approximate surface area is 140 Å². The summed E-state index contributed by atoms with van der Waals surface area (Å²) in [5.41, 5.74) is 8.62. The highest BCUT2D eigenvalue weighted by atomic mass is 16.5. The number of nitrogens with zero attached hydrogens (tertiary/aromatic N) is 3. The van der Waals surface area contributed by atoms with Crippen molar-refractivity contribution in [2.24, 2.45) is 5.11 Å². The molecule has 24 heavy (non-hydrogen) atoms. The molecule has 0 atom stereocenters. The van der Waals surface area contributed by atoms with Gasteiger partial charge in [0, 0.05) is 11.5 Å². The molecule has 0 saturated carbocycles. The van der Waals surface area contributed by atoms with Crippen LogP contribution in [0, 0.1) is 0 Å². The van der Waals surface area contributed by atoms with Crippen molar-refractivity contribution >= 4 is 11.9 Å². The van der Waals surface area contributed by atoms with Gasteiger partial charge in [-0.3, -0.25) is 0 Å². The summed E-state index contributed by atoms with van der Waals surface area (Å²) in [4.78, 5) is 26.0. The largest absolute Gasteiger partial charge is 0.494 e. The number of hydrogen-bond donors (Lipinski definition) is 0. The number of azide groups is 1. The van der Waals surface area contributed by atoms with Crippen molar-refractivity contribution in [2.75, 3.05) is 27.4 Å². The first-order valence-corrected chi connectivity index (χ1v) is 7.57. The smallest absolute Gasteiger partial charge is 0.338 e. The molecule has 0 radical (unpaired) electrons. The first-order chi connectivity index (χ1) is 11.6. The monoisotopic (exact) mass is 335 g/mol. The molecule has 130 valence electrons. The number of rotatable bonds is 10. The molecule has 0 N–H and O–H groups in total. The number of carbonyl (C=O) groups is 2. The Balaban J connectivity index is 2.58. The van der Waals surface area contributed by atoms with Crippen LogP contribution in [0.1, 0.15) is 46.4 Å². The number of hydrogen-bond acceptors (Lipinski definition) is 6. The summed E-state index contributed by atoms with van der Waals surface area (Å²) in [5.74, 6) is -0.695. The Morgan fingerprint density at radius 3 is 2.12 bits per heavy atom. The molecule has 0 fully saturated rings. The van der Waals surface area contributed by atoms with Gasteiger partial charge in [-0.25, -0.2) is 9.59 Å². The lowest BCUT2D eigenvalue weighted by Gasteiger charge is -2.10. The standard InChI is InChI=1S/C16H21N3O5/c1-22-15(20)12-9-13(16(21)23-2)11-14(10-12)24-8-6-4-3-5-7-18-19-17/h9-11H,3-8H2,1-2H3. The molecule has 8 heteroatoms. The van der Waals surface area contributed by atoms with Gasteiger partial charge in [0.2, 0.25) is 0 Å². The van der Waals surface area contributed by atoms with E-state index in [1.54, 1.807) is 0 Å². The summed E-state index contributed by atoms with van der Waals surface area (Å²) in [7, 11) is 2.54. The fourth-order valence-corrected chi connectivity index (χ4v) is 2.03. The van der Waals surface area contributed by atoms with E-state index in [9.17, 15) is 9.59 Å². The van der Waals surface area contributed by atoms with Crippen LogP contribution in [0.5, 0.6) is 5.75 Å². The number of ether oxygens (including phenoxy) is 3. The molecule has 0 amide bonds. The van der Waals surface area contributed by atoms with Gasteiger partial charge in [0.15, 0.2) is 0 Å². The number of methoxy groups -OCH3 is 2. The number of carbonyl (C=O) groups excluding carboxylic acids is 2. The molecule has 8 nitrogen and oxygen atoms in total. The maximum Gasteiger partial charge on any atom is 0.338 e. The molecule has 0 saturated heterocycles. The van der Waals surface area contributed by atoms with E-state index in [1.165, 1.54) is 32.4 Å². The van der Waals surface area contributed by atoms with E-state index in [1.807, 2.05) is 0 Å². The lowest BCUT2D eigenvalue weighted by atomic mass is 10.1. The quantitative estimate of drug-likeness (QED) is 0.213. The Kier molecular flexibility index (Phi) is 8.78. The van der Waals surface area contributed by atoms with Crippen molar-refractivity contribution < 1.29 is 23.8 Å². The van der Waals surface area contributed by atoms with Crippen LogP contribution in [0.4, 0.5) is 0 Å². The maximum atomic E-state index is 11.7. The average Bonchev–Trinajstić information content (AvgIpc) is 2.62. The van der Waals surface area contributed by atoms with Crippen LogP contribution in [0.2, 0.25) is 0 Å². The molecule has 0 aliphatic heterocycles. The summed E-state index contributed by atoms with van der Waals surface area (Å²) in [6, 6.07) is 4.46.